The van der Waals surface area contributed by atoms with Gasteiger partial charge in [0.2, 0.25) is 0 Å². The molecular weight excluding hydrogens is 346 g/mol. The molecule has 0 saturated heterocycles. The smallest absolute Gasteiger partial charge is 0.257 e. The van der Waals surface area contributed by atoms with E-state index in [-0.39, 0.29) is 5.91 Å². The van der Waals surface area contributed by atoms with Crippen molar-refractivity contribution in [2.45, 2.75) is 19.4 Å². The molecule has 0 spiro atoms. The van der Waals surface area contributed by atoms with Crippen LogP contribution in [0.15, 0.2) is 66.9 Å². The van der Waals surface area contributed by atoms with E-state index in [0.29, 0.717) is 22.3 Å². The molecule has 0 saturated carbocycles. The molecular formula is C21H18ClN3O. The van der Waals surface area contributed by atoms with Crippen LogP contribution in [0.5, 0.6) is 0 Å². The van der Waals surface area contributed by atoms with Crippen LogP contribution in [0.1, 0.15) is 22.8 Å². The summed E-state index contributed by atoms with van der Waals surface area (Å²) in [6, 6.07) is 19.5. The highest BCUT2D eigenvalue weighted by atomic mass is 35.5. The number of hydrogen-bond donors (Lipinski definition) is 1. The molecule has 2 aromatic carbocycles. The Kier molecular flexibility index (Phi) is 4.35. The van der Waals surface area contributed by atoms with Crippen molar-refractivity contribution in [2.75, 3.05) is 10.2 Å². The Labute approximate surface area is 157 Å². The first-order valence-corrected chi connectivity index (χ1v) is 8.90. The molecule has 1 aromatic heterocycles. The summed E-state index contributed by atoms with van der Waals surface area (Å²) in [5.74, 6) is 0.615. The molecule has 1 N–H and O–H groups in total. The van der Waals surface area contributed by atoms with E-state index >= 15 is 0 Å². The highest BCUT2D eigenvalue weighted by Crippen LogP contribution is 2.37. The maximum Gasteiger partial charge on any atom is 0.257 e. The molecule has 1 aliphatic rings. The SMILES string of the molecule is CC1Cc2ccccc2N1c1ccc(C(=O)Nc2ccccc2Cl)cn1. The summed E-state index contributed by atoms with van der Waals surface area (Å²) in [6.45, 7) is 2.18. The van der Waals surface area contributed by atoms with Gasteiger partial charge in [-0.1, -0.05) is 41.9 Å². The number of nitrogens with zero attached hydrogens (tertiary/aromatic N) is 2. The predicted molar refractivity (Wildman–Crippen MR) is 105 cm³/mol. The first-order valence-electron chi connectivity index (χ1n) is 8.52. The summed E-state index contributed by atoms with van der Waals surface area (Å²) in [5.41, 5.74) is 3.59. The lowest BCUT2D eigenvalue weighted by molar-refractivity contribution is 0.102. The highest BCUT2D eigenvalue weighted by Gasteiger charge is 2.27. The average molecular weight is 364 g/mol. The number of para-hydroxylation sites is 2. The number of aromatic nitrogens is 1. The highest BCUT2D eigenvalue weighted by molar-refractivity contribution is 6.33. The fourth-order valence-corrected chi connectivity index (χ4v) is 3.52. The summed E-state index contributed by atoms with van der Waals surface area (Å²) in [4.78, 5) is 19.2. The van der Waals surface area contributed by atoms with E-state index in [9.17, 15) is 4.79 Å². The first-order chi connectivity index (χ1) is 12.6. The van der Waals surface area contributed by atoms with Crippen molar-refractivity contribution in [3.05, 3.63) is 83.0 Å². The van der Waals surface area contributed by atoms with E-state index in [1.54, 1.807) is 24.4 Å². The summed E-state index contributed by atoms with van der Waals surface area (Å²) < 4.78 is 0. The van der Waals surface area contributed by atoms with Gasteiger partial charge < -0.3 is 10.2 Å². The number of pyridine rings is 1. The summed E-state index contributed by atoms with van der Waals surface area (Å²) >= 11 is 6.09. The maximum atomic E-state index is 12.4. The molecule has 0 fully saturated rings. The molecule has 2 heterocycles. The molecule has 0 aliphatic carbocycles. The van der Waals surface area contributed by atoms with Crippen LogP contribution in [-0.4, -0.2) is 16.9 Å². The molecule has 1 amide bonds. The number of fused-ring (bicyclic) bond motifs is 1. The third-order valence-electron chi connectivity index (χ3n) is 4.59. The standard InChI is InChI=1S/C21H18ClN3O/c1-14-12-15-6-2-5-9-19(15)25(14)20-11-10-16(13-23-20)21(26)24-18-8-4-3-7-17(18)22/h2-11,13-14H,12H2,1H3,(H,24,26). The third kappa shape index (κ3) is 3.04. The molecule has 130 valence electrons. The van der Waals surface area contributed by atoms with Crippen molar-refractivity contribution in [3.8, 4) is 0 Å². The molecule has 5 heteroatoms. The Bertz CT molecular complexity index is 955. The number of hydrogen-bond acceptors (Lipinski definition) is 3. The van der Waals surface area contributed by atoms with Gasteiger partial charge in [-0.05, 0) is 49.2 Å². The lowest BCUT2D eigenvalue weighted by Gasteiger charge is -2.23. The largest absolute Gasteiger partial charge is 0.323 e. The van der Waals surface area contributed by atoms with Gasteiger partial charge in [0, 0.05) is 17.9 Å². The van der Waals surface area contributed by atoms with E-state index < -0.39 is 0 Å². The average Bonchev–Trinajstić information content (AvgIpc) is 2.99. The molecule has 4 nitrogen and oxygen atoms in total. The Hall–Kier alpha value is -2.85. The Morgan fingerprint density at radius 1 is 1.12 bits per heavy atom. The van der Waals surface area contributed by atoms with Gasteiger partial charge >= 0.3 is 0 Å². The van der Waals surface area contributed by atoms with Crippen molar-refractivity contribution in [1.82, 2.24) is 4.98 Å². The van der Waals surface area contributed by atoms with Crippen molar-refractivity contribution < 1.29 is 4.79 Å². The number of anilines is 3. The molecule has 0 radical (unpaired) electrons. The van der Waals surface area contributed by atoms with E-state index in [1.165, 1.54) is 11.3 Å². The van der Waals surface area contributed by atoms with Crippen LogP contribution >= 0.6 is 11.6 Å². The zero-order valence-electron chi connectivity index (χ0n) is 14.3. The Morgan fingerprint density at radius 3 is 2.65 bits per heavy atom. The van der Waals surface area contributed by atoms with Crippen LogP contribution in [-0.2, 0) is 6.42 Å². The number of carbonyl (C=O) groups is 1. The van der Waals surface area contributed by atoms with Crippen LogP contribution in [0.3, 0.4) is 0 Å². The minimum absolute atomic E-state index is 0.230. The molecule has 1 aliphatic heterocycles. The molecule has 0 bridgehead atoms. The summed E-state index contributed by atoms with van der Waals surface area (Å²) in [5, 5.41) is 3.32. The van der Waals surface area contributed by atoms with Crippen molar-refractivity contribution >= 4 is 34.7 Å². The van der Waals surface area contributed by atoms with Gasteiger partial charge in [0.1, 0.15) is 5.82 Å². The predicted octanol–water partition coefficient (Wildman–Crippen LogP) is 5.07. The van der Waals surface area contributed by atoms with Crippen LogP contribution in [0.25, 0.3) is 0 Å². The second kappa shape index (κ2) is 6.81. The van der Waals surface area contributed by atoms with Crippen molar-refractivity contribution in [1.29, 1.82) is 0 Å². The normalized spacial score (nSPS) is 15.6. The minimum Gasteiger partial charge on any atom is -0.323 e. The topological polar surface area (TPSA) is 45.2 Å². The molecule has 26 heavy (non-hydrogen) atoms. The third-order valence-corrected chi connectivity index (χ3v) is 4.92. The fraction of sp³-hybridized carbons (Fsp3) is 0.143. The Balaban J connectivity index is 1.56. The monoisotopic (exact) mass is 363 g/mol. The van der Waals surface area contributed by atoms with Gasteiger partial charge in [0.05, 0.1) is 16.3 Å². The van der Waals surface area contributed by atoms with Gasteiger partial charge in [0.25, 0.3) is 5.91 Å². The van der Waals surface area contributed by atoms with Gasteiger partial charge in [-0.3, -0.25) is 4.79 Å². The summed E-state index contributed by atoms with van der Waals surface area (Å²) in [7, 11) is 0. The second-order valence-corrected chi connectivity index (χ2v) is 6.80. The van der Waals surface area contributed by atoms with Crippen LogP contribution in [0.4, 0.5) is 17.2 Å². The van der Waals surface area contributed by atoms with Gasteiger partial charge in [-0.25, -0.2) is 4.98 Å². The lowest BCUT2D eigenvalue weighted by atomic mass is 10.1. The van der Waals surface area contributed by atoms with Crippen LogP contribution in [0.2, 0.25) is 5.02 Å². The molecule has 3 aromatic rings. The van der Waals surface area contributed by atoms with Crippen molar-refractivity contribution in [2.24, 2.45) is 0 Å². The number of halogens is 1. The van der Waals surface area contributed by atoms with E-state index in [4.69, 9.17) is 11.6 Å². The van der Waals surface area contributed by atoms with E-state index in [2.05, 4.69) is 40.3 Å². The quantitative estimate of drug-likeness (QED) is 0.706. The number of amides is 1. The van der Waals surface area contributed by atoms with Crippen LogP contribution in [0, 0.1) is 0 Å². The van der Waals surface area contributed by atoms with Crippen molar-refractivity contribution in [3.63, 3.8) is 0 Å². The van der Waals surface area contributed by atoms with E-state index in [1.807, 2.05) is 24.3 Å². The first kappa shape index (κ1) is 16.6. The maximum absolute atomic E-state index is 12.4. The molecule has 4 rings (SSSR count). The van der Waals surface area contributed by atoms with Gasteiger partial charge in [0.15, 0.2) is 0 Å². The fourth-order valence-electron chi connectivity index (χ4n) is 3.33. The minimum atomic E-state index is -0.230. The zero-order chi connectivity index (χ0) is 18.1. The number of nitrogens with one attached hydrogen (secondary N) is 1. The van der Waals surface area contributed by atoms with E-state index in [0.717, 1.165) is 12.2 Å². The number of rotatable bonds is 3. The number of benzene rings is 2. The lowest BCUT2D eigenvalue weighted by Crippen LogP contribution is -2.25. The molecule has 1 atom stereocenters. The van der Waals surface area contributed by atoms with Crippen LogP contribution < -0.4 is 10.2 Å². The van der Waals surface area contributed by atoms with Gasteiger partial charge in [-0.2, -0.15) is 0 Å². The summed E-state index contributed by atoms with van der Waals surface area (Å²) in [6.07, 6.45) is 2.60. The van der Waals surface area contributed by atoms with Gasteiger partial charge in [-0.15, -0.1) is 0 Å². The zero-order valence-corrected chi connectivity index (χ0v) is 15.1. The number of carbonyl (C=O) groups excluding carboxylic acids is 1. The Morgan fingerprint density at radius 2 is 1.88 bits per heavy atom. The second-order valence-electron chi connectivity index (χ2n) is 6.39. The molecule has 1 unspecified atom stereocenters.